The number of rotatable bonds is 59. The van der Waals surface area contributed by atoms with Crippen LogP contribution < -0.4 is 0 Å². The maximum Gasteiger partial charge on any atom is 0.293 e. The molecule has 0 aromatic rings. The van der Waals surface area contributed by atoms with Gasteiger partial charge in [0.1, 0.15) is 12.7 Å². The van der Waals surface area contributed by atoms with E-state index in [1.165, 1.54) is 167 Å². The minimum absolute atomic E-state index is 0.0540. The average Bonchev–Trinajstić information content (AvgIpc) is 3.32. The Morgan fingerprint density at radius 1 is 0.292 bits per heavy atom. The topological polar surface area (TPSA) is 109 Å². The lowest BCUT2D eigenvalue weighted by Crippen LogP contribution is -2.27. The first-order valence-corrected chi connectivity index (χ1v) is 26.9. The molecule has 1 atom stereocenters. The predicted octanol–water partition coefficient (Wildman–Crippen LogP) is 12.8. The highest BCUT2D eigenvalue weighted by molar-refractivity contribution is 5.36. The Labute approximate surface area is 400 Å². The first kappa shape index (κ1) is 63.6. The molecular weight excluding hydrogens is 825 g/mol. The molecule has 0 aromatic heterocycles. The van der Waals surface area contributed by atoms with Gasteiger partial charge in [0.05, 0.1) is 99.1 Å². The van der Waals surface area contributed by atoms with E-state index in [1.54, 1.807) is 0 Å². The van der Waals surface area contributed by atoms with Crippen molar-refractivity contribution in [3.63, 3.8) is 0 Å². The Morgan fingerprint density at radius 2 is 0.569 bits per heavy atom. The molecule has 0 heterocycles. The third kappa shape index (κ3) is 58.7. The van der Waals surface area contributed by atoms with Crippen LogP contribution in [0.4, 0.5) is 0 Å². The minimum Gasteiger partial charge on any atom is -0.465 e. The number of carbonyl (C=O) groups excluding carboxylic acids is 1. The molecule has 0 aliphatic carbocycles. The van der Waals surface area contributed by atoms with Gasteiger partial charge in [0.15, 0.2) is 0 Å². The van der Waals surface area contributed by atoms with Gasteiger partial charge in [-0.25, -0.2) is 0 Å². The van der Waals surface area contributed by atoms with Crippen molar-refractivity contribution in [1.82, 2.24) is 0 Å². The van der Waals surface area contributed by atoms with Gasteiger partial charge >= 0.3 is 0 Å². The summed E-state index contributed by atoms with van der Waals surface area (Å²) in [6.45, 7) is 14.2. The summed E-state index contributed by atoms with van der Waals surface area (Å²) < 4.78 is 55.9. The van der Waals surface area contributed by atoms with Crippen LogP contribution in [-0.4, -0.2) is 132 Å². The highest BCUT2D eigenvalue weighted by atomic mass is 16.6. The van der Waals surface area contributed by atoms with E-state index in [1.807, 2.05) is 0 Å². The number of allylic oxidation sites excluding steroid dienone is 4. The van der Waals surface area contributed by atoms with Crippen molar-refractivity contribution >= 4 is 6.47 Å². The first-order chi connectivity index (χ1) is 32.3. The number of hydrogen-bond acceptors (Lipinski definition) is 11. The van der Waals surface area contributed by atoms with E-state index in [4.69, 9.17) is 42.6 Å². The minimum atomic E-state index is -0.0540. The first-order valence-electron chi connectivity index (χ1n) is 26.9. The van der Waals surface area contributed by atoms with Gasteiger partial charge < -0.3 is 47.4 Å². The Kier molecular flexibility index (Phi) is 59.3. The van der Waals surface area contributed by atoms with Crippen LogP contribution in [0.3, 0.4) is 0 Å². The van der Waals surface area contributed by atoms with Gasteiger partial charge in [-0.1, -0.05) is 154 Å². The van der Waals surface area contributed by atoms with E-state index < -0.39 is 0 Å². The van der Waals surface area contributed by atoms with Gasteiger partial charge in [-0.3, -0.25) is 4.79 Å². The Balaban J connectivity index is 4.00. The third-order valence-corrected chi connectivity index (χ3v) is 11.1. The van der Waals surface area contributed by atoms with E-state index in [9.17, 15) is 4.79 Å². The lowest BCUT2D eigenvalue weighted by atomic mass is 10.1. The molecule has 0 saturated heterocycles. The Hall–Kier alpha value is -1.41. The van der Waals surface area contributed by atoms with Crippen LogP contribution in [0.5, 0.6) is 0 Å². The normalized spacial score (nSPS) is 12.3. The summed E-state index contributed by atoms with van der Waals surface area (Å²) >= 11 is 0. The summed E-state index contributed by atoms with van der Waals surface area (Å²) in [7, 11) is 0. The second-order valence-corrected chi connectivity index (χ2v) is 17.2. The highest BCUT2D eigenvalue weighted by Gasteiger charge is 2.10. The molecule has 0 rings (SSSR count). The molecule has 386 valence electrons. The van der Waals surface area contributed by atoms with Crippen molar-refractivity contribution in [2.45, 2.75) is 200 Å². The van der Waals surface area contributed by atoms with Crippen LogP contribution in [0.1, 0.15) is 194 Å². The van der Waals surface area contributed by atoms with Crippen LogP contribution in [0.2, 0.25) is 0 Å². The molecular formula is C54H104O11. The van der Waals surface area contributed by atoms with E-state index in [0.717, 1.165) is 26.1 Å². The molecule has 1 unspecified atom stereocenters. The van der Waals surface area contributed by atoms with Crippen LogP contribution >= 0.6 is 0 Å². The van der Waals surface area contributed by atoms with Gasteiger partial charge in [0.25, 0.3) is 6.47 Å². The molecule has 11 nitrogen and oxygen atoms in total. The van der Waals surface area contributed by atoms with Crippen molar-refractivity contribution in [2.24, 2.45) is 0 Å². The molecule has 0 radical (unpaired) electrons. The number of hydrogen-bond donors (Lipinski definition) is 0. The second kappa shape index (κ2) is 60.6. The molecule has 0 amide bonds. The molecule has 0 bridgehead atoms. The molecule has 0 fully saturated rings. The molecule has 0 aliphatic heterocycles. The summed E-state index contributed by atoms with van der Waals surface area (Å²) in [6, 6.07) is 0. The average molecular weight is 929 g/mol. The van der Waals surface area contributed by atoms with Gasteiger partial charge in [-0.15, -0.1) is 0 Å². The van der Waals surface area contributed by atoms with E-state index in [0.29, 0.717) is 106 Å². The van der Waals surface area contributed by atoms with Crippen molar-refractivity contribution in [1.29, 1.82) is 0 Å². The predicted molar refractivity (Wildman–Crippen MR) is 267 cm³/mol. The zero-order valence-corrected chi connectivity index (χ0v) is 42.5. The monoisotopic (exact) mass is 929 g/mol. The molecule has 0 N–H and O–H groups in total. The van der Waals surface area contributed by atoms with Crippen molar-refractivity contribution in [3.05, 3.63) is 24.3 Å². The van der Waals surface area contributed by atoms with Gasteiger partial charge in [0, 0.05) is 13.2 Å². The van der Waals surface area contributed by atoms with Crippen LogP contribution in [0, 0.1) is 0 Å². The maximum absolute atomic E-state index is 10.0. The molecule has 11 heteroatoms. The zero-order valence-electron chi connectivity index (χ0n) is 42.5. The summed E-state index contributed by atoms with van der Waals surface area (Å²) in [5.41, 5.74) is 0. The van der Waals surface area contributed by atoms with E-state index >= 15 is 0 Å². The molecule has 0 aromatic carbocycles. The maximum atomic E-state index is 10.0. The largest absolute Gasteiger partial charge is 0.465 e. The molecule has 0 saturated carbocycles. The number of ether oxygens (including phenoxy) is 10. The third-order valence-electron chi connectivity index (χ3n) is 11.1. The summed E-state index contributed by atoms with van der Waals surface area (Å²) in [5, 5.41) is 0. The number of unbranched alkanes of at least 4 members (excludes halogenated alkanes) is 24. The molecule has 65 heavy (non-hydrogen) atoms. The zero-order chi connectivity index (χ0) is 46.7. The summed E-state index contributed by atoms with van der Waals surface area (Å²) in [4.78, 5) is 10.0. The molecule has 0 spiro atoms. The SMILES string of the molecule is CCCCCCCC/C=C\CCCCCCCCOCC(COCCOCCOCCOCCOCCOCCOCCOC=O)OCCCCCCCC/C=C\CCCCCCCC. The summed E-state index contributed by atoms with van der Waals surface area (Å²) in [6.07, 6.45) is 46.2. The van der Waals surface area contributed by atoms with Gasteiger partial charge in [0.2, 0.25) is 0 Å². The standard InChI is InChI=1S/C54H104O11/c1-3-5-7-9-11-13-15-17-19-21-23-25-27-29-31-33-35-62-51-54(65-36-34-32-30-28-26-24-22-20-18-16-14-12-10-8-6-4-2)52-63-49-47-60-45-43-58-41-39-56-37-38-57-40-42-59-44-46-61-48-50-64-53-55/h17-20,53-54H,3-16,21-52H2,1-2H3/b19-17-,20-18-. The Morgan fingerprint density at radius 3 is 0.923 bits per heavy atom. The summed E-state index contributed by atoms with van der Waals surface area (Å²) in [5.74, 6) is 0. The lowest BCUT2D eigenvalue weighted by Gasteiger charge is -2.18. The molecule has 0 aliphatic rings. The Bertz CT molecular complexity index is 921. The van der Waals surface area contributed by atoms with Crippen molar-refractivity contribution < 1.29 is 52.2 Å². The lowest BCUT2D eigenvalue weighted by molar-refractivity contribution is -0.130. The highest BCUT2D eigenvalue weighted by Crippen LogP contribution is 2.12. The fourth-order valence-corrected chi connectivity index (χ4v) is 7.10. The second-order valence-electron chi connectivity index (χ2n) is 17.2. The van der Waals surface area contributed by atoms with E-state index in [-0.39, 0.29) is 12.7 Å². The fourth-order valence-electron chi connectivity index (χ4n) is 7.10. The van der Waals surface area contributed by atoms with Gasteiger partial charge in [-0.05, 0) is 64.2 Å². The van der Waals surface area contributed by atoms with Crippen LogP contribution in [-0.2, 0) is 52.2 Å². The smallest absolute Gasteiger partial charge is 0.293 e. The number of carbonyl (C=O) groups is 1. The van der Waals surface area contributed by atoms with Crippen LogP contribution in [0.25, 0.3) is 0 Å². The fraction of sp³-hybridized carbons (Fsp3) is 0.907. The van der Waals surface area contributed by atoms with Crippen molar-refractivity contribution in [3.8, 4) is 0 Å². The van der Waals surface area contributed by atoms with Gasteiger partial charge in [-0.2, -0.15) is 0 Å². The van der Waals surface area contributed by atoms with Crippen molar-refractivity contribution in [2.75, 3.05) is 119 Å². The van der Waals surface area contributed by atoms with Crippen LogP contribution in [0.15, 0.2) is 24.3 Å². The van der Waals surface area contributed by atoms with E-state index in [2.05, 4.69) is 42.9 Å². The quantitative estimate of drug-likeness (QED) is 0.0330.